The van der Waals surface area contributed by atoms with Crippen LogP contribution in [-0.2, 0) is 0 Å². The van der Waals surface area contributed by atoms with Gasteiger partial charge in [0.1, 0.15) is 0 Å². The van der Waals surface area contributed by atoms with Crippen molar-refractivity contribution in [2.45, 2.75) is 13.3 Å². The van der Waals surface area contributed by atoms with Gasteiger partial charge in [-0.1, -0.05) is 24.3 Å². The molecule has 0 spiro atoms. The summed E-state index contributed by atoms with van der Waals surface area (Å²) in [4.78, 5) is 3.84. The SMILES string of the molecule is C=CC(C)=CCC=NC. The molecule has 0 bridgehead atoms. The Labute approximate surface area is 56.8 Å². The molecule has 0 aliphatic heterocycles. The monoisotopic (exact) mass is 123 g/mol. The van der Waals surface area contributed by atoms with Crippen LogP contribution in [0.25, 0.3) is 0 Å². The van der Waals surface area contributed by atoms with E-state index in [1.807, 2.05) is 19.2 Å². The molecule has 0 aliphatic carbocycles. The topological polar surface area (TPSA) is 12.4 Å². The summed E-state index contributed by atoms with van der Waals surface area (Å²) in [5.41, 5.74) is 1.20. The fraction of sp³-hybridized carbons (Fsp3) is 0.375. The third-order valence-corrected chi connectivity index (χ3v) is 1.05. The van der Waals surface area contributed by atoms with E-state index in [2.05, 4.69) is 17.6 Å². The summed E-state index contributed by atoms with van der Waals surface area (Å²) in [5.74, 6) is 0. The van der Waals surface area contributed by atoms with Gasteiger partial charge in [-0.2, -0.15) is 0 Å². The van der Waals surface area contributed by atoms with Crippen LogP contribution in [0.2, 0.25) is 0 Å². The van der Waals surface area contributed by atoms with E-state index in [0.717, 1.165) is 6.42 Å². The number of aliphatic imine (C=N–C) groups is 1. The maximum absolute atomic E-state index is 3.84. The molecular formula is C8H13N. The van der Waals surface area contributed by atoms with Crippen molar-refractivity contribution in [2.75, 3.05) is 7.05 Å². The van der Waals surface area contributed by atoms with E-state index in [0.29, 0.717) is 0 Å². The van der Waals surface area contributed by atoms with Crippen LogP contribution >= 0.6 is 0 Å². The highest BCUT2D eigenvalue weighted by Gasteiger charge is 1.75. The molecule has 0 rings (SSSR count). The van der Waals surface area contributed by atoms with E-state index in [9.17, 15) is 0 Å². The lowest BCUT2D eigenvalue weighted by molar-refractivity contribution is 1.37. The largest absolute Gasteiger partial charge is 0.301 e. The van der Waals surface area contributed by atoms with Crippen molar-refractivity contribution < 1.29 is 0 Å². The van der Waals surface area contributed by atoms with Gasteiger partial charge in [0, 0.05) is 19.7 Å². The van der Waals surface area contributed by atoms with Crippen LogP contribution in [0.4, 0.5) is 0 Å². The van der Waals surface area contributed by atoms with Crippen molar-refractivity contribution in [1.29, 1.82) is 0 Å². The van der Waals surface area contributed by atoms with Gasteiger partial charge in [-0.05, 0) is 6.92 Å². The summed E-state index contributed by atoms with van der Waals surface area (Å²) in [7, 11) is 1.77. The predicted octanol–water partition coefficient (Wildman–Crippen LogP) is 2.21. The fourth-order valence-electron chi connectivity index (χ4n) is 0.427. The molecule has 0 aromatic heterocycles. The van der Waals surface area contributed by atoms with Crippen molar-refractivity contribution in [3.63, 3.8) is 0 Å². The average molecular weight is 123 g/mol. The van der Waals surface area contributed by atoms with Crippen molar-refractivity contribution in [2.24, 2.45) is 4.99 Å². The van der Waals surface area contributed by atoms with Crippen LogP contribution in [-0.4, -0.2) is 13.3 Å². The molecule has 0 aliphatic rings. The molecule has 1 heteroatoms. The van der Waals surface area contributed by atoms with Crippen LogP contribution in [0.5, 0.6) is 0 Å². The molecule has 0 saturated carbocycles. The summed E-state index contributed by atoms with van der Waals surface area (Å²) in [6.07, 6.45) is 6.70. The Morgan fingerprint density at radius 1 is 1.67 bits per heavy atom. The summed E-state index contributed by atoms with van der Waals surface area (Å²) >= 11 is 0. The molecule has 50 valence electrons. The molecule has 0 atom stereocenters. The quantitative estimate of drug-likeness (QED) is 0.403. The van der Waals surface area contributed by atoms with Gasteiger partial charge in [0.2, 0.25) is 0 Å². The van der Waals surface area contributed by atoms with Gasteiger partial charge in [0.15, 0.2) is 0 Å². The highest BCUT2D eigenvalue weighted by molar-refractivity contribution is 5.59. The second kappa shape index (κ2) is 5.29. The van der Waals surface area contributed by atoms with Gasteiger partial charge >= 0.3 is 0 Å². The zero-order valence-electron chi connectivity index (χ0n) is 6.09. The zero-order chi connectivity index (χ0) is 7.11. The summed E-state index contributed by atoms with van der Waals surface area (Å²) in [5, 5.41) is 0. The van der Waals surface area contributed by atoms with Gasteiger partial charge in [-0.15, -0.1) is 0 Å². The fourth-order valence-corrected chi connectivity index (χ4v) is 0.427. The number of allylic oxidation sites excluding steroid dienone is 3. The maximum atomic E-state index is 3.84. The first kappa shape index (κ1) is 8.15. The first-order chi connectivity index (χ1) is 4.31. The molecule has 0 amide bonds. The highest BCUT2D eigenvalue weighted by atomic mass is 14.6. The van der Waals surface area contributed by atoms with Gasteiger partial charge in [0.25, 0.3) is 0 Å². The molecular weight excluding hydrogens is 110 g/mol. The van der Waals surface area contributed by atoms with Crippen LogP contribution in [0, 0.1) is 0 Å². The molecule has 9 heavy (non-hydrogen) atoms. The number of rotatable bonds is 3. The molecule has 0 radical (unpaired) electrons. The molecule has 1 nitrogen and oxygen atoms in total. The van der Waals surface area contributed by atoms with Crippen molar-refractivity contribution in [3.8, 4) is 0 Å². The molecule has 0 aromatic carbocycles. The smallest absolute Gasteiger partial charge is 0.0273 e. The molecule has 0 unspecified atom stereocenters. The first-order valence-electron chi connectivity index (χ1n) is 3.01. The second-order valence-corrected chi connectivity index (χ2v) is 1.83. The molecule has 0 heterocycles. The minimum atomic E-state index is 0.911. The summed E-state index contributed by atoms with van der Waals surface area (Å²) in [6, 6.07) is 0. The second-order valence-electron chi connectivity index (χ2n) is 1.83. The molecule has 0 N–H and O–H groups in total. The Morgan fingerprint density at radius 2 is 2.33 bits per heavy atom. The minimum Gasteiger partial charge on any atom is -0.301 e. The normalized spacial score (nSPS) is 12.4. The Bertz CT molecular complexity index is 132. The van der Waals surface area contributed by atoms with Crippen molar-refractivity contribution >= 4 is 6.21 Å². The Morgan fingerprint density at radius 3 is 2.78 bits per heavy atom. The van der Waals surface area contributed by atoms with Crippen LogP contribution < -0.4 is 0 Å². The number of nitrogens with zero attached hydrogens (tertiary/aromatic N) is 1. The van der Waals surface area contributed by atoms with E-state index in [1.54, 1.807) is 7.05 Å². The standard InChI is InChI=1S/C8H13N/c1-4-8(2)6-5-7-9-3/h4,6-7H,1,5H2,2-3H3. The predicted molar refractivity (Wildman–Crippen MR) is 43.0 cm³/mol. The summed E-state index contributed by atoms with van der Waals surface area (Å²) < 4.78 is 0. The zero-order valence-corrected chi connectivity index (χ0v) is 6.09. The Kier molecular flexibility index (Phi) is 4.79. The van der Waals surface area contributed by atoms with Crippen LogP contribution in [0.15, 0.2) is 29.3 Å². The highest BCUT2D eigenvalue weighted by Crippen LogP contribution is 1.92. The van der Waals surface area contributed by atoms with E-state index in [1.165, 1.54) is 5.57 Å². The van der Waals surface area contributed by atoms with E-state index in [4.69, 9.17) is 0 Å². The lowest BCUT2D eigenvalue weighted by atomic mass is 10.2. The minimum absolute atomic E-state index is 0.911. The first-order valence-corrected chi connectivity index (χ1v) is 3.01. The number of hydrogen-bond donors (Lipinski definition) is 0. The van der Waals surface area contributed by atoms with E-state index >= 15 is 0 Å². The molecule has 0 aromatic rings. The van der Waals surface area contributed by atoms with Gasteiger partial charge < -0.3 is 4.99 Å². The third-order valence-electron chi connectivity index (χ3n) is 1.05. The van der Waals surface area contributed by atoms with Crippen molar-refractivity contribution in [3.05, 3.63) is 24.3 Å². The van der Waals surface area contributed by atoms with Crippen LogP contribution in [0.3, 0.4) is 0 Å². The van der Waals surface area contributed by atoms with Crippen molar-refractivity contribution in [1.82, 2.24) is 0 Å². The Balaban J connectivity index is 3.56. The van der Waals surface area contributed by atoms with E-state index in [-0.39, 0.29) is 0 Å². The third kappa shape index (κ3) is 5.01. The Hall–Kier alpha value is -0.850. The van der Waals surface area contributed by atoms with Gasteiger partial charge in [-0.3, -0.25) is 0 Å². The molecule has 0 saturated heterocycles. The van der Waals surface area contributed by atoms with Gasteiger partial charge in [-0.25, -0.2) is 0 Å². The lowest BCUT2D eigenvalue weighted by Gasteiger charge is -1.85. The number of hydrogen-bond acceptors (Lipinski definition) is 1. The maximum Gasteiger partial charge on any atom is 0.0273 e. The average Bonchev–Trinajstić information content (AvgIpc) is 1.89. The lowest BCUT2D eigenvalue weighted by Crippen LogP contribution is -1.71. The van der Waals surface area contributed by atoms with E-state index < -0.39 is 0 Å². The van der Waals surface area contributed by atoms with Gasteiger partial charge in [0.05, 0.1) is 0 Å². The summed E-state index contributed by atoms with van der Waals surface area (Å²) in [6.45, 7) is 5.65. The van der Waals surface area contributed by atoms with Crippen LogP contribution in [0.1, 0.15) is 13.3 Å². The molecule has 0 fully saturated rings.